The van der Waals surface area contributed by atoms with Crippen LogP contribution in [0.25, 0.3) is 6.08 Å². The standard InChI is InChI=1S/C6H6BrN3O2/c7-2-1-4-3-10(8)6(12)9-5(4)11/h1-3H,8H2,(H,9,11,12)/b2-1+. The van der Waals surface area contributed by atoms with Crippen LogP contribution in [0.4, 0.5) is 0 Å². The Bertz CT molecular complexity index is 418. The molecule has 5 nitrogen and oxygen atoms in total. The Morgan fingerprint density at radius 1 is 1.58 bits per heavy atom. The predicted octanol–water partition coefficient (Wildman–Crippen LogP) is -0.384. The summed E-state index contributed by atoms with van der Waals surface area (Å²) in [6, 6.07) is 0. The third-order valence-electron chi connectivity index (χ3n) is 1.24. The highest BCUT2D eigenvalue weighted by Gasteiger charge is 1.97. The molecule has 64 valence electrons. The number of hydrogen-bond acceptors (Lipinski definition) is 3. The summed E-state index contributed by atoms with van der Waals surface area (Å²) in [5, 5.41) is 0. The van der Waals surface area contributed by atoms with Gasteiger partial charge in [0.2, 0.25) is 0 Å². The summed E-state index contributed by atoms with van der Waals surface area (Å²) in [6.45, 7) is 0. The molecule has 1 aromatic heterocycles. The zero-order valence-corrected chi connectivity index (χ0v) is 7.54. The summed E-state index contributed by atoms with van der Waals surface area (Å²) in [5.41, 5.74) is -0.780. The van der Waals surface area contributed by atoms with Gasteiger partial charge in [-0.2, -0.15) is 0 Å². The van der Waals surface area contributed by atoms with Crippen LogP contribution in [0.15, 0.2) is 20.8 Å². The summed E-state index contributed by atoms with van der Waals surface area (Å²) in [6.07, 6.45) is 2.74. The smallest absolute Gasteiger partial charge is 0.335 e. The lowest BCUT2D eigenvalue weighted by Gasteiger charge is -1.96. The predicted molar refractivity (Wildman–Crippen MR) is 49.4 cm³/mol. The van der Waals surface area contributed by atoms with Gasteiger partial charge in [0.05, 0.1) is 5.56 Å². The van der Waals surface area contributed by atoms with Gasteiger partial charge in [0.1, 0.15) is 0 Å². The Balaban J connectivity index is 3.43. The van der Waals surface area contributed by atoms with Crippen molar-refractivity contribution in [1.29, 1.82) is 0 Å². The van der Waals surface area contributed by atoms with E-state index in [-0.39, 0.29) is 0 Å². The first kappa shape index (κ1) is 8.79. The van der Waals surface area contributed by atoms with Crippen molar-refractivity contribution < 1.29 is 0 Å². The minimum atomic E-state index is -0.633. The van der Waals surface area contributed by atoms with E-state index in [1.165, 1.54) is 17.3 Å². The van der Waals surface area contributed by atoms with Crippen LogP contribution in [0, 0.1) is 0 Å². The number of halogens is 1. The fourth-order valence-corrected chi connectivity index (χ4v) is 0.972. The largest absolute Gasteiger partial charge is 0.346 e. The van der Waals surface area contributed by atoms with Gasteiger partial charge < -0.3 is 5.84 Å². The lowest BCUT2D eigenvalue weighted by Crippen LogP contribution is -2.35. The molecule has 0 bridgehead atoms. The van der Waals surface area contributed by atoms with E-state index >= 15 is 0 Å². The van der Waals surface area contributed by atoms with Gasteiger partial charge in [0.15, 0.2) is 0 Å². The zero-order valence-electron chi connectivity index (χ0n) is 5.95. The van der Waals surface area contributed by atoms with E-state index in [2.05, 4.69) is 15.9 Å². The number of nitrogens with zero attached hydrogens (tertiary/aromatic N) is 1. The van der Waals surface area contributed by atoms with Crippen molar-refractivity contribution in [2.45, 2.75) is 0 Å². The van der Waals surface area contributed by atoms with Crippen LogP contribution in [-0.2, 0) is 0 Å². The monoisotopic (exact) mass is 231 g/mol. The van der Waals surface area contributed by atoms with E-state index in [9.17, 15) is 9.59 Å². The Labute approximate surface area is 75.6 Å². The van der Waals surface area contributed by atoms with Crippen molar-refractivity contribution in [1.82, 2.24) is 9.66 Å². The molecule has 0 saturated carbocycles. The average molecular weight is 232 g/mol. The number of nitrogen functional groups attached to an aromatic ring is 1. The molecule has 0 spiro atoms. The van der Waals surface area contributed by atoms with Gasteiger partial charge in [-0.15, -0.1) is 0 Å². The van der Waals surface area contributed by atoms with E-state index < -0.39 is 11.2 Å². The number of aromatic amines is 1. The van der Waals surface area contributed by atoms with Crippen LogP contribution in [0.1, 0.15) is 5.56 Å². The lowest BCUT2D eigenvalue weighted by molar-refractivity contribution is 0.853. The highest BCUT2D eigenvalue weighted by molar-refractivity contribution is 9.11. The van der Waals surface area contributed by atoms with E-state index in [1.807, 2.05) is 4.98 Å². The van der Waals surface area contributed by atoms with Crippen LogP contribution >= 0.6 is 15.9 Å². The van der Waals surface area contributed by atoms with Gasteiger partial charge >= 0.3 is 5.69 Å². The molecule has 0 aliphatic carbocycles. The fraction of sp³-hybridized carbons (Fsp3) is 0. The van der Waals surface area contributed by atoms with Gasteiger partial charge in [0, 0.05) is 6.20 Å². The van der Waals surface area contributed by atoms with Crippen molar-refractivity contribution >= 4 is 22.0 Å². The molecule has 3 N–H and O–H groups in total. The molecule has 0 aliphatic rings. The maximum absolute atomic E-state index is 11.0. The number of nitrogens with one attached hydrogen (secondary N) is 1. The molecule has 0 unspecified atom stereocenters. The third kappa shape index (κ3) is 1.65. The normalized spacial score (nSPS) is 10.8. The molecule has 0 fully saturated rings. The third-order valence-corrected chi connectivity index (χ3v) is 1.50. The number of H-pyrrole nitrogens is 1. The van der Waals surface area contributed by atoms with Crippen molar-refractivity contribution in [3.63, 3.8) is 0 Å². The molecule has 1 aromatic rings. The highest BCUT2D eigenvalue weighted by Crippen LogP contribution is 1.93. The number of aromatic nitrogens is 2. The molecule has 12 heavy (non-hydrogen) atoms. The average Bonchev–Trinajstić information content (AvgIpc) is 2.01. The summed E-state index contributed by atoms with van der Waals surface area (Å²) in [5.74, 6) is 5.20. The first-order valence-electron chi connectivity index (χ1n) is 3.03. The minimum Gasteiger partial charge on any atom is -0.335 e. The van der Waals surface area contributed by atoms with E-state index in [1.54, 1.807) is 0 Å². The van der Waals surface area contributed by atoms with Crippen LogP contribution in [0.3, 0.4) is 0 Å². The van der Waals surface area contributed by atoms with Crippen molar-refractivity contribution in [3.8, 4) is 0 Å². The second-order valence-electron chi connectivity index (χ2n) is 2.04. The maximum atomic E-state index is 11.0. The van der Waals surface area contributed by atoms with Crippen LogP contribution < -0.4 is 17.1 Å². The first-order valence-corrected chi connectivity index (χ1v) is 3.94. The summed E-state index contributed by atoms with van der Waals surface area (Å²) >= 11 is 3.00. The quantitative estimate of drug-likeness (QED) is 0.647. The zero-order chi connectivity index (χ0) is 9.14. The molecule has 0 aromatic carbocycles. The molecule has 0 atom stereocenters. The van der Waals surface area contributed by atoms with Gasteiger partial charge in [-0.25, -0.2) is 9.47 Å². The van der Waals surface area contributed by atoms with Crippen LogP contribution in [-0.4, -0.2) is 9.66 Å². The SMILES string of the molecule is Nn1cc(/C=C/Br)c(=O)[nH]c1=O. The molecular formula is C6H6BrN3O2. The molecule has 0 amide bonds. The van der Waals surface area contributed by atoms with E-state index in [0.29, 0.717) is 5.56 Å². The molecule has 0 aliphatic heterocycles. The van der Waals surface area contributed by atoms with Gasteiger partial charge in [-0.3, -0.25) is 9.78 Å². The van der Waals surface area contributed by atoms with Gasteiger partial charge in [-0.1, -0.05) is 15.9 Å². The lowest BCUT2D eigenvalue weighted by atomic mass is 10.3. The number of hydrogen-bond donors (Lipinski definition) is 2. The van der Waals surface area contributed by atoms with Crippen molar-refractivity contribution in [3.05, 3.63) is 37.6 Å². The molecule has 0 radical (unpaired) electrons. The van der Waals surface area contributed by atoms with Crippen LogP contribution in [0.2, 0.25) is 0 Å². The van der Waals surface area contributed by atoms with Crippen molar-refractivity contribution in [2.75, 3.05) is 5.84 Å². The Morgan fingerprint density at radius 3 is 2.83 bits per heavy atom. The fourth-order valence-electron chi connectivity index (χ4n) is 0.688. The molecule has 1 heterocycles. The Kier molecular flexibility index (Phi) is 2.49. The molecular weight excluding hydrogens is 226 g/mol. The summed E-state index contributed by atoms with van der Waals surface area (Å²) in [7, 11) is 0. The molecule has 0 saturated heterocycles. The molecule has 6 heteroatoms. The van der Waals surface area contributed by atoms with Crippen molar-refractivity contribution in [2.24, 2.45) is 0 Å². The maximum Gasteiger partial charge on any atom is 0.346 e. The second kappa shape index (κ2) is 3.40. The summed E-state index contributed by atoms with van der Waals surface area (Å²) < 4.78 is 0.809. The first-order chi connectivity index (χ1) is 5.65. The van der Waals surface area contributed by atoms with E-state index in [4.69, 9.17) is 5.84 Å². The van der Waals surface area contributed by atoms with Gasteiger partial charge in [0.25, 0.3) is 5.56 Å². The minimum absolute atomic E-state index is 0.314. The summed E-state index contributed by atoms with van der Waals surface area (Å²) in [4.78, 5) is 25.3. The molecule has 1 rings (SSSR count). The van der Waals surface area contributed by atoms with Gasteiger partial charge in [-0.05, 0) is 11.1 Å². The number of rotatable bonds is 1. The Morgan fingerprint density at radius 2 is 2.25 bits per heavy atom. The Hall–Kier alpha value is -1.30. The number of nitrogens with two attached hydrogens (primary N) is 1. The highest BCUT2D eigenvalue weighted by atomic mass is 79.9. The van der Waals surface area contributed by atoms with E-state index in [0.717, 1.165) is 4.68 Å². The van der Waals surface area contributed by atoms with Crippen LogP contribution in [0.5, 0.6) is 0 Å². The topological polar surface area (TPSA) is 80.9 Å². The second-order valence-corrected chi connectivity index (χ2v) is 2.57.